The Morgan fingerprint density at radius 1 is 0.950 bits per heavy atom. The molecule has 0 fully saturated rings. The highest BCUT2D eigenvalue weighted by atomic mass is 16.6. The molecule has 1 aliphatic heterocycles. The Morgan fingerprint density at radius 3 is 2.50 bits per heavy atom. The van der Waals surface area contributed by atoms with Crippen LogP contribution in [-0.4, -0.2) is 13.2 Å². The van der Waals surface area contributed by atoms with Gasteiger partial charge in [0.1, 0.15) is 13.2 Å². The van der Waals surface area contributed by atoms with Crippen molar-refractivity contribution in [1.29, 1.82) is 0 Å². The fraction of sp³-hybridized carbons (Fsp3) is 0.294. The Labute approximate surface area is 119 Å². The van der Waals surface area contributed by atoms with E-state index in [1.54, 1.807) is 0 Å². The second kappa shape index (κ2) is 5.97. The van der Waals surface area contributed by atoms with E-state index in [1.165, 1.54) is 5.56 Å². The molecule has 2 aromatic rings. The van der Waals surface area contributed by atoms with E-state index < -0.39 is 0 Å². The van der Waals surface area contributed by atoms with Gasteiger partial charge in [-0.1, -0.05) is 36.4 Å². The third-order valence-electron chi connectivity index (χ3n) is 3.58. The molecule has 0 saturated carbocycles. The lowest BCUT2D eigenvalue weighted by Gasteiger charge is -2.20. The van der Waals surface area contributed by atoms with Crippen molar-refractivity contribution in [2.75, 3.05) is 13.2 Å². The lowest BCUT2D eigenvalue weighted by atomic mass is 9.99. The molecule has 1 heterocycles. The predicted molar refractivity (Wildman–Crippen MR) is 79.1 cm³/mol. The van der Waals surface area contributed by atoms with Crippen LogP contribution < -0.4 is 15.2 Å². The van der Waals surface area contributed by atoms with Gasteiger partial charge in [-0.3, -0.25) is 0 Å². The second-order valence-electron chi connectivity index (χ2n) is 5.03. The maximum atomic E-state index is 6.28. The first kappa shape index (κ1) is 13.0. The summed E-state index contributed by atoms with van der Waals surface area (Å²) in [6, 6.07) is 16.4. The standard InChI is InChI=1S/C17H19NO2/c18-15(8-6-13-4-2-1-3-5-13)14-7-9-16-17(12-14)20-11-10-19-16/h1-5,7,9,12,15H,6,8,10-11,18H2/t15-/m0/s1. The zero-order valence-electron chi connectivity index (χ0n) is 11.4. The van der Waals surface area contributed by atoms with E-state index in [2.05, 4.69) is 24.3 Å². The van der Waals surface area contributed by atoms with Crippen molar-refractivity contribution in [2.45, 2.75) is 18.9 Å². The van der Waals surface area contributed by atoms with Crippen LogP contribution in [0.25, 0.3) is 0 Å². The van der Waals surface area contributed by atoms with Crippen LogP contribution in [0.5, 0.6) is 11.5 Å². The van der Waals surface area contributed by atoms with Crippen LogP contribution in [0, 0.1) is 0 Å². The first-order valence-corrected chi connectivity index (χ1v) is 7.02. The van der Waals surface area contributed by atoms with Crippen LogP contribution in [0.2, 0.25) is 0 Å². The molecule has 0 amide bonds. The summed E-state index contributed by atoms with van der Waals surface area (Å²) in [5.74, 6) is 1.62. The number of nitrogens with two attached hydrogens (primary N) is 1. The van der Waals surface area contributed by atoms with Crippen LogP contribution in [0.15, 0.2) is 48.5 Å². The summed E-state index contributed by atoms with van der Waals surface area (Å²) in [5, 5.41) is 0. The highest BCUT2D eigenvalue weighted by Gasteiger charge is 2.14. The number of benzene rings is 2. The van der Waals surface area contributed by atoms with Crippen molar-refractivity contribution in [2.24, 2.45) is 5.73 Å². The van der Waals surface area contributed by atoms with Gasteiger partial charge < -0.3 is 15.2 Å². The smallest absolute Gasteiger partial charge is 0.161 e. The number of fused-ring (bicyclic) bond motifs is 1. The Kier molecular flexibility index (Phi) is 3.88. The molecule has 0 aromatic heterocycles. The van der Waals surface area contributed by atoms with E-state index in [4.69, 9.17) is 15.2 Å². The van der Waals surface area contributed by atoms with Crippen molar-refractivity contribution in [3.8, 4) is 11.5 Å². The van der Waals surface area contributed by atoms with Gasteiger partial charge in [0, 0.05) is 6.04 Å². The van der Waals surface area contributed by atoms with E-state index in [0.29, 0.717) is 13.2 Å². The third kappa shape index (κ3) is 2.94. The summed E-state index contributed by atoms with van der Waals surface area (Å²) < 4.78 is 11.1. The Bertz CT molecular complexity index is 568. The van der Waals surface area contributed by atoms with E-state index in [-0.39, 0.29) is 6.04 Å². The molecule has 0 saturated heterocycles. The second-order valence-corrected chi connectivity index (χ2v) is 5.03. The summed E-state index contributed by atoms with van der Waals surface area (Å²) in [6.45, 7) is 1.22. The monoisotopic (exact) mass is 269 g/mol. The van der Waals surface area contributed by atoms with Gasteiger partial charge in [-0.25, -0.2) is 0 Å². The van der Waals surface area contributed by atoms with Crippen molar-refractivity contribution in [1.82, 2.24) is 0 Å². The molecule has 0 radical (unpaired) electrons. The minimum Gasteiger partial charge on any atom is -0.486 e. The molecule has 3 heteroatoms. The SMILES string of the molecule is N[C@@H](CCc1ccccc1)c1ccc2c(c1)OCCO2. The summed E-state index contributed by atoms with van der Waals surface area (Å²) in [7, 11) is 0. The molecule has 2 N–H and O–H groups in total. The minimum atomic E-state index is 0.0195. The lowest BCUT2D eigenvalue weighted by Crippen LogP contribution is -2.17. The van der Waals surface area contributed by atoms with Crippen LogP contribution in [0.4, 0.5) is 0 Å². The summed E-state index contributed by atoms with van der Waals surface area (Å²) in [6.07, 6.45) is 1.90. The fourth-order valence-corrected chi connectivity index (χ4v) is 2.42. The van der Waals surface area contributed by atoms with Gasteiger partial charge >= 0.3 is 0 Å². The van der Waals surface area contributed by atoms with Crippen molar-refractivity contribution >= 4 is 0 Å². The van der Waals surface area contributed by atoms with Crippen LogP contribution in [0.3, 0.4) is 0 Å². The summed E-state index contributed by atoms with van der Waals surface area (Å²) in [5.41, 5.74) is 8.70. The first-order chi connectivity index (χ1) is 9.83. The summed E-state index contributed by atoms with van der Waals surface area (Å²) in [4.78, 5) is 0. The highest BCUT2D eigenvalue weighted by molar-refractivity contribution is 5.44. The molecule has 0 unspecified atom stereocenters. The van der Waals surface area contributed by atoms with Gasteiger partial charge in [0.15, 0.2) is 11.5 Å². The Balaban J connectivity index is 1.66. The molecule has 1 atom stereocenters. The topological polar surface area (TPSA) is 44.5 Å². The number of aryl methyl sites for hydroxylation is 1. The van der Waals surface area contributed by atoms with E-state index in [9.17, 15) is 0 Å². The minimum absolute atomic E-state index is 0.0195. The van der Waals surface area contributed by atoms with E-state index in [1.807, 2.05) is 24.3 Å². The zero-order valence-corrected chi connectivity index (χ0v) is 11.4. The summed E-state index contributed by atoms with van der Waals surface area (Å²) >= 11 is 0. The molecular weight excluding hydrogens is 250 g/mol. The molecule has 0 spiro atoms. The van der Waals surface area contributed by atoms with Crippen LogP contribution in [0.1, 0.15) is 23.6 Å². The molecule has 0 aliphatic carbocycles. The van der Waals surface area contributed by atoms with E-state index in [0.717, 1.165) is 29.9 Å². The number of hydrogen-bond donors (Lipinski definition) is 1. The normalized spacial score (nSPS) is 14.8. The lowest BCUT2D eigenvalue weighted by molar-refractivity contribution is 0.171. The molecule has 0 bridgehead atoms. The van der Waals surface area contributed by atoms with Gasteiger partial charge in [-0.05, 0) is 36.1 Å². The van der Waals surface area contributed by atoms with Crippen molar-refractivity contribution < 1.29 is 9.47 Å². The average molecular weight is 269 g/mol. The fourth-order valence-electron chi connectivity index (χ4n) is 2.42. The van der Waals surface area contributed by atoms with Crippen LogP contribution in [-0.2, 0) is 6.42 Å². The molecule has 3 rings (SSSR count). The predicted octanol–water partition coefficient (Wildman–Crippen LogP) is 3.09. The number of hydrogen-bond acceptors (Lipinski definition) is 3. The van der Waals surface area contributed by atoms with Crippen LogP contribution >= 0.6 is 0 Å². The maximum absolute atomic E-state index is 6.28. The number of ether oxygens (including phenoxy) is 2. The molecular formula is C17H19NO2. The molecule has 20 heavy (non-hydrogen) atoms. The van der Waals surface area contributed by atoms with Gasteiger partial charge in [0.2, 0.25) is 0 Å². The molecule has 1 aliphatic rings. The Hall–Kier alpha value is -2.00. The molecule has 3 nitrogen and oxygen atoms in total. The number of rotatable bonds is 4. The largest absolute Gasteiger partial charge is 0.486 e. The highest BCUT2D eigenvalue weighted by Crippen LogP contribution is 2.32. The quantitative estimate of drug-likeness (QED) is 0.927. The molecule has 2 aromatic carbocycles. The average Bonchev–Trinajstić information content (AvgIpc) is 2.53. The van der Waals surface area contributed by atoms with Gasteiger partial charge in [-0.15, -0.1) is 0 Å². The Morgan fingerprint density at radius 2 is 1.70 bits per heavy atom. The molecule has 104 valence electrons. The van der Waals surface area contributed by atoms with Gasteiger partial charge in [-0.2, -0.15) is 0 Å². The zero-order chi connectivity index (χ0) is 13.8. The van der Waals surface area contributed by atoms with Gasteiger partial charge in [0.05, 0.1) is 0 Å². The first-order valence-electron chi connectivity index (χ1n) is 7.02. The van der Waals surface area contributed by atoms with Crippen molar-refractivity contribution in [3.05, 3.63) is 59.7 Å². The maximum Gasteiger partial charge on any atom is 0.161 e. The third-order valence-corrected chi connectivity index (χ3v) is 3.58. The van der Waals surface area contributed by atoms with Crippen molar-refractivity contribution in [3.63, 3.8) is 0 Å². The van der Waals surface area contributed by atoms with Gasteiger partial charge in [0.25, 0.3) is 0 Å². The van der Waals surface area contributed by atoms with E-state index >= 15 is 0 Å².